The van der Waals surface area contributed by atoms with Crippen LogP contribution < -0.4 is 5.32 Å². The molecule has 1 saturated carbocycles. The molecule has 0 aliphatic heterocycles. The number of imidazole rings is 1. The number of benzene rings is 1. The van der Waals surface area contributed by atoms with Crippen LogP contribution >= 0.6 is 0 Å². The fraction of sp³-hybridized carbons (Fsp3) is 0.348. The molecule has 2 amide bonds. The SMILES string of the molecule is CCN(C(=O)c1ccc([OH2+])c(NC(=O)c2cnc3ccccn23)c1)C1CCCCC1. The monoisotopic (exact) mass is 407 g/mol. The van der Waals surface area contributed by atoms with E-state index in [4.69, 9.17) is 5.11 Å². The zero-order valence-electron chi connectivity index (χ0n) is 17.1. The predicted molar refractivity (Wildman–Crippen MR) is 116 cm³/mol. The highest BCUT2D eigenvalue weighted by molar-refractivity contribution is 6.05. The van der Waals surface area contributed by atoms with E-state index in [1.54, 1.807) is 28.8 Å². The first-order valence-electron chi connectivity index (χ1n) is 10.5. The number of fused-ring (bicyclic) bond motifs is 1. The maximum absolute atomic E-state index is 13.2. The molecular formula is C23H27N4O3+. The van der Waals surface area contributed by atoms with Crippen LogP contribution in [-0.2, 0) is 0 Å². The number of hydrogen-bond acceptors (Lipinski definition) is 3. The van der Waals surface area contributed by atoms with Crippen LogP contribution in [0.2, 0.25) is 0 Å². The molecule has 4 rings (SSSR count). The molecular weight excluding hydrogens is 380 g/mol. The highest BCUT2D eigenvalue weighted by atomic mass is 16.3. The molecule has 0 unspecified atom stereocenters. The second-order valence-electron chi connectivity index (χ2n) is 7.67. The Balaban J connectivity index is 1.57. The Kier molecular flexibility index (Phi) is 5.70. The summed E-state index contributed by atoms with van der Waals surface area (Å²) in [6.45, 7) is 2.65. The molecule has 1 aliphatic rings. The maximum Gasteiger partial charge on any atom is 0.278 e. The van der Waals surface area contributed by atoms with Crippen LogP contribution in [0.25, 0.3) is 5.65 Å². The van der Waals surface area contributed by atoms with E-state index in [1.807, 2.05) is 30.0 Å². The van der Waals surface area contributed by atoms with Crippen LogP contribution in [0.5, 0.6) is 5.75 Å². The van der Waals surface area contributed by atoms with Crippen molar-refractivity contribution in [2.75, 3.05) is 11.9 Å². The summed E-state index contributed by atoms with van der Waals surface area (Å²) in [5.41, 5.74) is 1.85. The second-order valence-corrected chi connectivity index (χ2v) is 7.67. The first kappa shape index (κ1) is 19.9. The smallest absolute Gasteiger partial charge is 0.278 e. The van der Waals surface area contributed by atoms with Crippen LogP contribution in [0.4, 0.5) is 5.69 Å². The minimum absolute atomic E-state index is 0.0466. The molecule has 7 heteroatoms. The predicted octanol–water partition coefficient (Wildman–Crippen LogP) is 3.82. The average Bonchev–Trinajstić information content (AvgIpc) is 3.21. The Morgan fingerprint density at radius 2 is 2.00 bits per heavy atom. The second kappa shape index (κ2) is 8.57. The lowest BCUT2D eigenvalue weighted by molar-refractivity contribution is 0.0647. The van der Waals surface area contributed by atoms with E-state index >= 15 is 0 Å². The van der Waals surface area contributed by atoms with Gasteiger partial charge in [0.15, 0.2) is 0 Å². The van der Waals surface area contributed by atoms with E-state index in [2.05, 4.69) is 10.3 Å². The van der Waals surface area contributed by atoms with Gasteiger partial charge in [-0.05, 0) is 44.0 Å². The largest absolute Gasteiger partial charge is 0.592 e. The van der Waals surface area contributed by atoms with E-state index < -0.39 is 0 Å². The van der Waals surface area contributed by atoms with Crippen molar-refractivity contribution in [1.29, 1.82) is 0 Å². The highest BCUT2D eigenvalue weighted by Gasteiger charge is 2.26. The molecule has 30 heavy (non-hydrogen) atoms. The van der Waals surface area contributed by atoms with Crippen LogP contribution in [0, 0.1) is 0 Å². The lowest BCUT2D eigenvalue weighted by atomic mass is 9.93. The minimum atomic E-state index is -0.369. The summed E-state index contributed by atoms with van der Waals surface area (Å²) in [5, 5.41) is 11.0. The number of anilines is 1. The van der Waals surface area contributed by atoms with Crippen molar-refractivity contribution < 1.29 is 14.7 Å². The van der Waals surface area contributed by atoms with Crippen molar-refractivity contribution >= 4 is 23.1 Å². The molecule has 2 aromatic heterocycles. The number of carbonyl (C=O) groups is 2. The number of amides is 2. The van der Waals surface area contributed by atoms with Crippen molar-refractivity contribution in [3.8, 4) is 5.75 Å². The van der Waals surface area contributed by atoms with Gasteiger partial charge in [0, 0.05) is 30.4 Å². The van der Waals surface area contributed by atoms with Gasteiger partial charge in [-0.15, -0.1) is 0 Å². The Labute approximate surface area is 175 Å². The molecule has 0 atom stereocenters. The summed E-state index contributed by atoms with van der Waals surface area (Å²) < 4.78 is 1.69. The fourth-order valence-corrected chi connectivity index (χ4v) is 4.19. The number of nitrogens with one attached hydrogen (secondary N) is 1. The van der Waals surface area contributed by atoms with Gasteiger partial charge in [0.1, 0.15) is 17.0 Å². The number of rotatable bonds is 5. The molecule has 1 aliphatic carbocycles. The summed E-state index contributed by atoms with van der Waals surface area (Å²) in [6.07, 6.45) is 8.88. The third-order valence-electron chi connectivity index (χ3n) is 5.78. The van der Waals surface area contributed by atoms with Gasteiger partial charge in [-0.2, -0.15) is 0 Å². The number of pyridine rings is 1. The van der Waals surface area contributed by atoms with Crippen molar-refractivity contribution in [3.63, 3.8) is 0 Å². The summed E-state index contributed by atoms with van der Waals surface area (Å²) in [5.74, 6) is -0.254. The number of hydrogen-bond donors (Lipinski definition) is 1. The van der Waals surface area contributed by atoms with Gasteiger partial charge >= 0.3 is 0 Å². The topological polar surface area (TPSA) is 89.6 Å². The summed E-state index contributed by atoms with van der Waals surface area (Å²) in [4.78, 5) is 32.1. The third kappa shape index (κ3) is 3.87. The molecule has 7 nitrogen and oxygen atoms in total. The van der Waals surface area contributed by atoms with E-state index in [0.29, 0.717) is 29.1 Å². The van der Waals surface area contributed by atoms with Gasteiger partial charge in [0.2, 0.25) is 0 Å². The van der Waals surface area contributed by atoms with Crippen molar-refractivity contribution in [2.24, 2.45) is 0 Å². The third-order valence-corrected chi connectivity index (χ3v) is 5.78. The van der Waals surface area contributed by atoms with Gasteiger partial charge < -0.3 is 15.3 Å². The molecule has 0 saturated heterocycles. The van der Waals surface area contributed by atoms with Crippen molar-refractivity contribution in [2.45, 2.75) is 45.1 Å². The lowest BCUT2D eigenvalue weighted by Crippen LogP contribution is -2.41. The number of aromatic nitrogens is 2. The Morgan fingerprint density at radius 1 is 1.20 bits per heavy atom. The van der Waals surface area contributed by atoms with E-state index in [9.17, 15) is 9.59 Å². The Morgan fingerprint density at radius 3 is 2.77 bits per heavy atom. The highest BCUT2D eigenvalue weighted by Crippen LogP contribution is 2.28. The molecule has 3 N–H and O–H groups in total. The molecule has 1 aromatic carbocycles. The number of nitrogens with zero attached hydrogens (tertiary/aromatic N) is 3. The van der Waals surface area contributed by atoms with Crippen LogP contribution in [0.3, 0.4) is 0 Å². The molecule has 3 aromatic rings. The Bertz CT molecular complexity index is 1070. The Hall–Kier alpha value is -3.35. The lowest BCUT2D eigenvalue weighted by Gasteiger charge is -2.33. The zero-order chi connectivity index (χ0) is 21.1. The van der Waals surface area contributed by atoms with E-state index in [1.165, 1.54) is 12.6 Å². The van der Waals surface area contributed by atoms with Gasteiger partial charge in [-0.1, -0.05) is 25.3 Å². The minimum Gasteiger partial charge on any atom is -0.592 e. The zero-order valence-corrected chi connectivity index (χ0v) is 17.1. The van der Waals surface area contributed by atoms with Gasteiger partial charge in [-0.25, -0.2) is 4.98 Å². The molecule has 156 valence electrons. The van der Waals surface area contributed by atoms with E-state index in [0.717, 1.165) is 25.7 Å². The van der Waals surface area contributed by atoms with E-state index in [-0.39, 0.29) is 23.6 Å². The standard InChI is InChI=1S/C23H26N4O3/c1-2-26(17-8-4-3-5-9-17)23(30)16-11-12-20(28)18(14-16)25-22(29)19-15-24-21-10-6-7-13-27(19)21/h6-7,10-15,17,28H,2-5,8-9H2,1H3,(H,25,29)/p+1. The molecule has 0 bridgehead atoms. The van der Waals surface area contributed by atoms with Crippen molar-refractivity contribution in [1.82, 2.24) is 14.3 Å². The van der Waals surface area contributed by atoms with Crippen LogP contribution in [0.15, 0.2) is 48.8 Å². The molecule has 1 fully saturated rings. The molecule has 0 radical (unpaired) electrons. The first-order valence-corrected chi connectivity index (χ1v) is 10.5. The van der Waals surface area contributed by atoms with Crippen LogP contribution in [-0.4, -0.2) is 43.8 Å². The van der Waals surface area contributed by atoms with Crippen molar-refractivity contribution in [3.05, 3.63) is 60.0 Å². The summed E-state index contributed by atoms with van der Waals surface area (Å²) in [6, 6.07) is 10.6. The normalized spacial score (nSPS) is 14.6. The van der Waals surface area contributed by atoms with Gasteiger partial charge in [0.25, 0.3) is 17.6 Å². The average molecular weight is 407 g/mol. The maximum atomic E-state index is 13.2. The summed E-state index contributed by atoms with van der Waals surface area (Å²) >= 11 is 0. The van der Waals surface area contributed by atoms with Gasteiger partial charge in [0.05, 0.1) is 6.20 Å². The molecule has 2 heterocycles. The van der Waals surface area contributed by atoms with Gasteiger partial charge in [-0.3, -0.25) is 14.0 Å². The quantitative estimate of drug-likeness (QED) is 0.652. The first-order chi connectivity index (χ1) is 14.6. The summed E-state index contributed by atoms with van der Waals surface area (Å²) in [7, 11) is 0. The fourth-order valence-electron chi connectivity index (χ4n) is 4.19. The number of carbonyl (C=O) groups excluding carboxylic acids is 2. The van der Waals surface area contributed by atoms with Crippen LogP contribution in [0.1, 0.15) is 59.9 Å². The molecule has 0 spiro atoms.